The SMILES string of the molecule is C=C(/C=C\C)CCCN1CCNC(=O)C1. The molecule has 1 aliphatic heterocycles. The van der Waals surface area contributed by atoms with Crippen molar-refractivity contribution in [3.63, 3.8) is 0 Å². The molecule has 0 spiro atoms. The van der Waals surface area contributed by atoms with E-state index in [4.69, 9.17) is 0 Å². The van der Waals surface area contributed by atoms with Crippen LogP contribution < -0.4 is 5.32 Å². The van der Waals surface area contributed by atoms with E-state index in [1.807, 2.05) is 19.1 Å². The number of hydrogen-bond donors (Lipinski definition) is 1. The van der Waals surface area contributed by atoms with Crippen molar-refractivity contribution in [2.75, 3.05) is 26.2 Å². The Kier molecular flexibility index (Phi) is 5.12. The highest BCUT2D eigenvalue weighted by molar-refractivity contribution is 5.78. The van der Waals surface area contributed by atoms with E-state index in [0.29, 0.717) is 6.54 Å². The standard InChI is InChI=1S/C12H20N2O/c1-3-5-11(2)6-4-8-14-9-7-13-12(15)10-14/h3,5H,2,4,6-10H2,1H3,(H,13,15)/b5-3-. The van der Waals surface area contributed by atoms with E-state index in [1.165, 1.54) is 5.57 Å². The summed E-state index contributed by atoms with van der Waals surface area (Å²) in [6.45, 7) is 9.26. The highest BCUT2D eigenvalue weighted by atomic mass is 16.2. The summed E-state index contributed by atoms with van der Waals surface area (Å²) in [6, 6.07) is 0. The molecule has 1 N–H and O–H groups in total. The highest BCUT2D eigenvalue weighted by Gasteiger charge is 2.14. The van der Waals surface area contributed by atoms with Gasteiger partial charge in [-0.1, -0.05) is 24.3 Å². The van der Waals surface area contributed by atoms with E-state index in [2.05, 4.69) is 16.8 Å². The quantitative estimate of drug-likeness (QED) is 0.691. The zero-order valence-corrected chi connectivity index (χ0v) is 9.46. The maximum absolute atomic E-state index is 11.1. The van der Waals surface area contributed by atoms with Crippen LogP contribution >= 0.6 is 0 Å². The van der Waals surface area contributed by atoms with E-state index in [9.17, 15) is 4.79 Å². The predicted molar refractivity (Wildman–Crippen MR) is 62.6 cm³/mol. The number of carbonyl (C=O) groups is 1. The Balaban J connectivity index is 2.14. The maximum atomic E-state index is 11.1. The summed E-state index contributed by atoms with van der Waals surface area (Å²) in [5, 5.41) is 2.82. The molecular formula is C12H20N2O. The number of carbonyl (C=O) groups excluding carboxylic acids is 1. The first kappa shape index (κ1) is 12.0. The number of nitrogens with one attached hydrogen (secondary N) is 1. The van der Waals surface area contributed by atoms with Crippen molar-refractivity contribution in [3.05, 3.63) is 24.3 Å². The van der Waals surface area contributed by atoms with Gasteiger partial charge in [0.25, 0.3) is 0 Å². The predicted octanol–water partition coefficient (Wildman–Crippen LogP) is 1.33. The molecule has 0 aromatic heterocycles. The third-order valence-corrected chi connectivity index (χ3v) is 2.49. The molecule has 1 rings (SSSR count). The van der Waals surface area contributed by atoms with Crippen LogP contribution in [-0.4, -0.2) is 37.0 Å². The van der Waals surface area contributed by atoms with Crippen LogP contribution in [0.3, 0.4) is 0 Å². The normalized spacial score (nSPS) is 18.1. The minimum Gasteiger partial charge on any atom is -0.354 e. The van der Waals surface area contributed by atoms with Gasteiger partial charge >= 0.3 is 0 Å². The minimum atomic E-state index is 0.147. The second kappa shape index (κ2) is 6.40. The van der Waals surface area contributed by atoms with Gasteiger partial charge in [-0.3, -0.25) is 9.69 Å². The molecule has 1 fully saturated rings. The van der Waals surface area contributed by atoms with Crippen molar-refractivity contribution < 1.29 is 4.79 Å². The summed E-state index contributed by atoms with van der Waals surface area (Å²) in [7, 11) is 0. The molecular weight excluding hydrogens is 188 g/mol. The van der Waals surface area contributed by atoms with E-state index in [0.717, 1.165) is 32.5 Å². The van der Waals surface area contributed by atoms with Crippen LogP contribution in [0.5, 0.6) is 0 Å². The van der Waals surface area contributed by atoms with Crippen LogP contribution in [0.25, 0.3) is 0 Å². The van der Waals surface area contributed by atoms with E-state index >= 15 is 0 Å². The highest BCUT2D eigenvalue weighted by Crippen LogP contribution is 2.05. The monoisotopic (exact) mass is 208 g/mol. The van der Waals surface area contributed by atoms with Crippen LogP contribution in [0, 0.1) is 0 Å². The van der Waals surface area contributed by atoms with Gasteiger partial charge < -0.3 is 5.32 Å². The molecule has 84 valence electrons. The molecule has 0 unspecified atom stereocenters. The Bertz CT molecular complexity index is 258. The fourth-order valence-electron chi connectivity index (χ4n) is 1.73. The molecule has 0 atom stereocenters. The van der Waals surface area contributed by atoms with Crippen molar-refractivity contribution >= 4 is 5.91 Å². The Morgan fingerprint density at radius 2 is 2.47 bits per heavy atom. The van der Waals surface area contributed by atoms with Gasteiger partial charge in [0.2, 0.25) is 5.91 Å². The summed E-state index contributed by atoms with van der Waals surface area (Å²) in [4.78, 5) is 13.3. The maximum Gasteiger partial charge on any atom is 0.234 e. The molecule has 3 nitrogen and oxygen atoms in total. The average molecular weight is 208 g/mol. The number of rotatable bonds is 5. The number of amides is 1. The lowest BCUT2D eigenvalue weighted by Crippen LogP contribution is -2.47. The number of piperazine rings is 1. The molecule has 1 saturated heterocycles. The summed E-state index contributed by atoms with van der Waals surface area (Å²) in [5.74, 6) is 0.147. The Morgan fingerprint density at radius 3 is 3.13 bits per heavy atom. The van der Waals surface area contributed by atoms with Crippen molar-refractivity contribution in [2.45, 2.75) is 19.8 Å². The molecule has 1 heterocycles. The third kappa shape index (κ3) is 4.79. The van der Waals surface area contributed by atoms with Crippen LogP contribution in [0.1, 0.15) is 19.8 Å². The summed E-state index contributed by atoms with van der Waals surface area (Å²) in [6.07, 6.45) is 6.15. The molecule has 0 aromatic rings. The molecule has 0 aromatic carbocycles. The third-order valence-electron chi connectivity index (χ3n) is 2.49. The van der Waals surface area contributed by atoms with Crippen molar-refractivity contribution in [3.8, 4) is 0 Å². The molecule has 15 heavy (non-hydrogen) atoms. The van der Waals surface area contributed by atoms with E-state index in [1.54, 1.807) is 0 Å². The lowest BCUT2D eigenvalue weighted by Gasteiger charge is -2.26. The van der Waals surface area contributed by atoms with Gasteiger partial charge in [0.1, 0.15) is 0 Å². The number of nitrogens with zero attached hydrogens (tertiary/aromatic N) is 1. The second-order valence-corrected chi connectivity index (χ2v) is 3.89. The molecule has 0 bridgehead atoms. The molecule has 1 aliphatic rings. The summed E-state index contributed by atoms with van der Waals surface area (Å²) < 4.78 is 0. The average Bonchev–Trinajstić information content (AvgIpc) is 2.18. The van der Waals surface area contributed by atoms with Gasteiger partial charge in [0.05, 0.1) is 6.54 Å². The molecule has 1 amide bonds. The minimum absolute atomic E-state index is 0.147. The molecule has 0 saturated carbocycles. The van der Waals surface area contributed by atoms with Crippen molar-refractivity contribution in [1.82, 2.24) is 10.2 Å². The number of allylic oxidation sites excluding steroid dienone is 3. The first-order valence-electron chi connectivity index (χ1n) is 5.52. The molecule has 0 radical (unpaired) electrons. The van der Waals surface area contributed by atoms with E-state index in [-0.39, 0.29) is 5.91 Å². The largest absolute Gasteiger partial charge is 0.354 e. The van der Waals surface area contributed by atoms with Crippen LogP contribution in [0.2, 0.25) is 0 Å². The second-order valence-electron chi connectivity index (χ2n) is 3.89. The first-order chi connectivity index (χ1) is 7.22. The lowest BCUT2D eigenvalue weighted by atomic mass is 10.1. The topological polar surface area (TPSA) is 32.3 Å². The van der Waals surface area contributed by atoms with Gasteiger partial charge in [-0.2, -0.15) is 0 Å². The van der Waals surface area contributed by atoms with Crippen LogP contribution in [0.15, 0.2) is 24.3 Å². The van der Waals surface area contributed by atoms with Gasteiger partial charge in [-0.25, -0.2) is 0 Å². The van der Waals surface area contributed by atoms with Gasteiger partial charge in [0, 0.05) is 13.1 Å². The first-order valence-corrected chi connectivity index (χ1v) is 5.52. The van der Waals surface area contributed by atoms with Crippen molar-refractivity contribution in [2.24, 2.45) is 0 Å². The fourth-order valence-corrected chi connectivity index (χ4v) is 1.73. The zero-order chi connectivity index (χ0) is 11.1. The Labute approximate surface area is 91.8 Å². The molecule has 3 heteroatoms. The van der Waals surface area contributed by atoms with Gasteiger partial charge in [-0.05, 0) is 26.3 Å². The smallest absolute Gasteiger partial charge is 0.234 e. The van der Waals surface area contributed by atoms with Gasteiger partial charge in [-0.15, -0.1) is 0 Å². The Morgan fingerprint density at radius 1 is 1.67 bits per heavy atom. The summed E-state index contributed by atoms with van der Waals surface area (Å²) in [5.41, 5.74) is 1.17. The summed E-state index contributed by atoms with van der Waals surface area (Å²) >= 11 is 0. The fraction of sp³-hybridized carbons (Fsp3) is 0.583. The zero-order valence-electron chi connectivity index (χ0n) is 9.46. The molecule has 0 aliphatic carbocycles. The van der Waals surface area contributed by atoms with Crippen LogP contribution in [-0.2, 0) is 4.79 Å². The van der Waals surface area contributed by atoms with E-state index < -0.39 is 0 Å². The lowest BCUT2D eigenvalue weighted by molar-refractivity contribution is -0.124. The van der Waals surface area contributed by atoms with Gasteiger partial charge in [0.15, 0.2) is 0 Å². The van der Waals surface area contributed by atoms with Crippen LogP contribution in [0.4, 0.5) is 0 Å². The Hall–Kier alpha value is -1.09. The number of hydrogen-bond acceptors (Lipinski definition) is 2. The van der Waals surface area contributed by atoms with Crippen molar-refractivity contribution in [1.29, 1.82) is 0 Å².